The standard InChI is InChI=1S/C13H19N3OS/c1-2-6-16-7-5-10-11(8-16)18-13(14-10)15-12(17)9-3-4-9/h9H,2-8H2,1H3,(H,14,15,17). The molecule has 0 atom stereocenters. The summed E-state index contributed by atoms with van der Waals surface area (Å²) in [5.41, 5.74) is 1.19. The first kappa shape index (κ1) is 12.1. The molecule has 0 saturated heterocycles. The van der Waals surface area contributed by atoms with E-state index in [1.807, 2.05) is 0 Å². The highest BCUT2D eigenvalue weighted by Gasteiger charge is 2.30. The predicted octanol–water partition coefficient (Wildman–Crippen LogP) is 2.26. The molecular weight excluding hydrogens is 246 g/mol. The SMILES string of the molecule is CCCN1CCc2nc(NC(=O)C3CC3)sc2C1. The molecule has 1 aliphatic heterocycles. The molecule has 3 rings (SSSR count). The van der Waals surface area contributed by atoms with Crippen LogP contribution in [-0.4, -0.2) is 28.9 Å². The van der Waals surface area contributed by atoms with Crippen LogP contribution in [0.15, 0.2) is 0 Å². The van der Waals surface area contributed by atoms with Crippen LogP contribution in [-0.2, 0) is 17.8 Å². The number of hydrogen-bond donors (Lipinski definition) is 1. The van der Waals surface area contributed by atoms with Gasteiger partial charge >= 0.3 is 0 Å². The first-order valence-electron chi connectivity index (χ1n) is 6.78. The number of aromatic nitrogens is 1. The summed E-state index contributed by atoms with van der Waals surface area (Å²) in [5.74, 6) is 0.411. The van der Waals surface area contributed by atoms with Crippen molar-refractivity contribution in [3.05, 3.63) is 10.6 Å². The maximum absolute atomic E-state index is 11.7. The number of amides is 1. The molecule has 5 heteroatoms. The molecule has 98 valence electrons. The van der Waals surface area contributed by atoms with Crippen LogP contribution >= 0.6 is 11.3 Å². The normalized spacial score (nSPS) is 19.6. The van der Waals surface area contributed by atoms with Gasteiger partial charge in [-0.2, -0.15) is 0 Å². The van der Waals surface area contributed by atoms with Gasteiger partial charge in [-0.25, -0.2) is 4.98 Å². The predicted molar refractivity (Wildman–Crippen MR) is 72.7 cm³/mol. The third-order valence-corrected chi connectivity index (χ3v) is 4.53. The van der Waals surface area contributed by atoms with Crippen molar-refractivity contribution in [3.63, 3.8) is 0 Å². The lowest BCUT2D eigenvalue weighted by molar-refractivity contribution is -0.117. The summed E-state index contributed by atoms with van der Waals surface area (Å²) in [4.78, 5) is 20.1. The highest BCUT2D eigenvalue weighted by molar-refractivity contribution is 7.15. The van der Waals surface area contributed by atoms with Crippen LogP contribution in [0.2, 0.25) is 0 Å². The molecule has 1 aromatic heterocycles. The highest BCUT2D eigenvalue weighted by atomic mass is 32.1. The van der Waals surface area contributed by atoms with Gasteiger partial charge in [-0.3, -0.25) is 9.69 Å². The van der Waals surface area contributed by atoms with Crippen LogP contribution in [0.3, 0.4) is 0 Å². The molecule has 4 nitrogen and oxygen atoms in total. The molecule has 1 aromatic rings. The second-order valence-corrected chi connectivity index (χ2v) is 6.26. The molecule has 0 bridgehead atoms. The Hall–Kier alpha value is -0.940. The summed E-state index contributed by atoms with van der Waals surface area (Å²) in [6.45, 7) is 5.46. The summed E-state index contributed by atoms with van der Waals surface area (Å²) >= 11 is 1.65. The third-order valence-electron chi connectivity index (χ3n) is 3.53. The fourth-order valence-electron chi connectivity index (χ4n) is 2.36. The van der Waals surface area contributed by atoms with Crippen molar-refractivity contribution in [2.24, 2.45) is 5.92 Å². The second kappa shape index (κ2) is 4.97. The number of carbonyl (C=O) groups excluding carboxylic acids is 1. The van der Waals surface area contributed by atoms with Crippen LogP contribution in [0.1, 0.15) is 36.8 Å². The van der Waals surface area contributed by atoms with E-state index in [1.165, 1.54) is 17.0 Å². The minimum absolute atomic E-state index is 0.159. The average Bonchev–Trinajstić information content (AvgIpc) is 3.11. The molecule has 1 fully saturated rings. The maximum atomic E-state index is 11.7. The molecule has 1 aliphatic carbocycles. The summed E-state index contributed by atoms with van der Waals surface area (Å²) in [5, 5.41) is 3.76. The molecule has 0 unspecified atom stereocenters. The summed E-state index contributed by atoms with van der Waals surface area (Å²) in [6.07, 6.45) is 4.30. The first-order chi connectivity index (χ1) is 8.76. The van der Waals surface area contributed by atoms with Gasteiger partial charge in [-0.05, 0) is 25.8 Å². The van der Waals surface area contributed by atoms with E-state index in [0.717, 1.165) is 44.0 Å². The van der Waals surface area contributed by atoms with Crippen LogP contribution < -0.4 is 5.32 Å². The van der Waals surface area contributed by atoms with Gasteiger partial charge in [-0.15, -0.1) is 11.3 Å². The Morgan fingerprint density at radius 2 is 2.39 bits per heavy atom. The van der Waals surface area contributed by atoms with Crippen molar-refractivity contribution in [2.45, 2.75) is 39.2 Å². The van der Waals surface area contributed by atoms with Crippen molar-refractivity contribution in [1.82, 2.24) is 9.88 Å². The zero-order valence-electron chi connectivity index (χ0n) is 10.7. The number of thiazole rings is 1. The van der Waals surface area contributed by atoms with Crippen molar-refractivity contribution in [3.8, 4) is 0 Å². The van der Waals surface area contributed by atoms with Crippen LogP contribution in [0, 0.1) is 5.92 Å². The van der Waals surface area contributed by atoms with Crippen molar-refractivity contribution in [1.29, 1.82) is 0 Å². The van der Waals surface area contributed by atoms with E-state index >= 15 is 0 Å². The Bertz CT molecular complexity index is 453. The van der Waals surface area contributed by atoms with Gasteiger partial charge < -0.3 is 5.32 Å². The lowest BCUT2D eigenvalue weighted by atomic mass is 10.2. The lowest BCUT2D eigenvalue weighted by Crippen LogP contribution is -2.30. The van der Waals surface area contributed by atoms with Gasteiger partial charge in [0.1, 0.15) is 0 Å². The number of carbonyl (C=O) groups is 1. The minimum Gasteiger partial charge on any atom is -0.302 e. The van der Waals surface area contributed by atoms with Crippen molar-refractivity contribution < 1.29 is 4.79 Å². The van der Waals surface area contributed by atoms with E-state index in [2.05, 4.69) is 22.1 Å². The number of nitrogens with one attached hydrogen (secondary N) is 1. The molecule has 0 radical (unpaired) electrons. The maximum Gasteiger partial charge on any atom is 0.229 e. The molecule has 2 aliphatic rings. The molecular formula is C13H19N3OS. The monoisotopic (exact) mass is 265 g/mol. The largest absolute Gasteiger partial charge is 0.302 e. The zero-order valence-corrected chi connectivity index (χ0v) is 11.6. The third kappa shape index (κ3) is 2.57. The fourth-order valence-corrected chi connectivity index (χ4v) is 3.42. The number of nitrogens with zero attached hydrogens (tertiary/aromatic N) is 2. The Labute approximate surface area is 111 Å². The van der Waals surface area contributed by atoms with Crippen molar-refractivity contribution in [2.75, 3.05) is 18.4 Å². The number of hydrogen-bond acceptors (Lipinski definition) is 4. The molecule has 0 spiro atoms. The van der Waals surface area contributed by atoms with Gasteiger partial charge in [0, 0.05) is 30.3 Å². The van der Waals surface area contributed by atoms with Gasteiger partial charge in [0.2, 0.25) is 5.91 Å². The Morgan fingerprint density at radius 1 is 1.56 bits per heavy atom. The Morgan fingerprint density at radius 3 is 3.11 bits per heavy atom. The fraction of sp³-hybridized carbons (Fsp3) is 0.692. The Kier molecular flexibility index (Phi) is 3.35. The minimum atomic E-state index is 0.159. The van der Waals surface area contributed by atoms with Crippen molar-refractivity contribution >= 4 is 22.4 Å². The zero-order chi connectivity index (χ0) is 12.5. The summed E-state index contributed by atoms with van der Waals surface area (Å²) in [7, 11) is 0. The molecule has 1 N–H and O–H groups in total. The summed E-state index contributed by atoms with van der Waals surface area (Å²) in [6, 6.07) is 0. The van der Waals surface area contributed by atoms with E-state index in [1.54, 1.807) is 11.3 Å². The van der Waals surface area contributed by atoms with Crippen LogP contribution in [0.4, 0.5) is 5.13 Å². The topological polar surface area (TPSA) is 45.2 Å². The Balaban J connectivity index is 1.66. The van der Waals surface area contributed by atoms with E-state index in [-0.39, 0.29) is 11.8 Å². The highest BCUT2D eigenvalue weighted by Crippen LogP contribution is 2.32. The molecule has 0 aromatic carbocycles. The van der Waals surface area contributed by atoms with E-state index in [0.29, 0.717) is 0 Å². The average molecular weight is 265 g/mol. The second-order valence-electron chi connectivity index (χ2n) is 5.18. The summed E-state index contributed by atoms with van der Waals surface area (Å²) < 4.78 is 0. The van der Waals surface area contributed by atoms with Crippen LogP contribution in [0.5, 0.6) is 0 Å². The van der Waals surface area contributed by atoms with Gasteiger partial charge in [0.05, 0.1) is 5.69 Å². The quantitative estimate of drug-likeness (QED) is 0.908. The molecule has 2 heterocycles. The van der Waals surface area contributed by atoms with E-state index in [9.17, 15) is 4.79 Å². The van der Waals surface area contributed by atoms with Gasteiger partial charge in [0.25, 0.3) is 0 Å². The van der Waals surface area contributed by atoms with Gasteiger partial charge in [0.15, 0.2) is 5.13 Å². The van der Waals surface area contributed by atoms with Gasteiger partial charge in [-0.1, -0.05) is 6.92 Å². The number of anilines is 1. The molecule has 18 heavy (non-hydrogen) atoms. The molecule has 1 amide bonds. The smallest absolute Gasteiger partial charge is 0.229 e. The van der Waals surface area contributed by atoms with E-state index < -0.39 is 0 Å². The van der Waals surface area contributed by atoms with Crippen LogP contribution in [0.25, 0.3) is 0 Å². The molecule has 1 saturated carbocycles. The number of fused-ring (bicyclic) bond motifs is 1. The number of rotatable bonds is 4. The first-order valence-corrected chi connectivity index (χ1v) is 7.59. The lowest BCUT2D eigenvalue weighted by Gasteiger charge is -2.24. The van der Waals surface area contributed by atoms with E-state index in [4.69, 9.17) is 0 Å².